The largest absolute Gasteiger partial charge is 0.376 e. The van der Waals surface area contributed by atoms with Crippen LogP contribution < -0.4 is 10.6 Å². The highest BCUT2D eigenvalue weighted by Crippen LogP contribution is 2.14. The SMILES string of the molecule is CN(C)S(=O)(=O)c1ccc(CNC(=O)C(=O)NC[C@H]2CCCO2)cc1. The normalized spacial score (nSPS) is 17.5. The van der Waals surface area contributed by atoms with Crippen molar-refractivity contribution in [2.24, 2.45) is 0 Å². The van der Waals surface area contributed by atoms with Crippen LogP contribution in [-0.2, 0) is 30.9 Å². The molecular formula is C16H23N3O5S. The number of ether oxygens (including phenoxy) is 1. The summed E-state index contributed by atoms with van der Waals surface area (Å²) in [5.41, 5.74) is 0.693. The zero-order valence-electron chi connectivity index (χ0n) is 14.3. The van der Waals surface area contributed by atoms with Crippen molar-refractivity contribution >= 4 is 21.8 Å². The van der Waals surface area contributed by atoms with Crippen LogP contribution in [0.2, 0.25) is 0 Å². The summed E-state index contributed by atoms with van der Waals surface area (Å²) >= 11 is 0. The van der Waals surface area contributed by atoms with Crippen molar-refractivity contribution in [2.75, 3.05) is 27.2 Å². The minimum atomic E-state index is -3.48. The lowest BCUT2D eigenvalue weighted by Gasteiger charge is -2.12. The van der Waals surface area contributed by atoms with Gasteiger partial charge < -0.3 is 15.4 Å². The number of carbonyl (C=O) groups excluding carboxylic acids is 2. The van der Waals surface area contributed by atoms with Gasteiger partial charge in [-0.05, 0) is 30.5 Å². The summed E-state index contributed by atoms with van der Waals surface area (Å²) in [6.07, 6.45) is 1.82. The molecule has 0 bridgehead atoms. The summed E-state index contributed by atoms with van der Waals surface area (Å²) in [7, 11) is -0.570. The molecule has 0 radical (unpaired) electrons. The maximum absolute atomic E-state index is 12.0. The molecule has 25 heavy (non-hydrogen) atoms. The second kappa shape index (κ2) is 8.41. The van der Waals surface area contributed by atoms with E-state index in [2.05, 4.69) is 10.6 Å². The monoisotopic (exact) mass is 369 g/mol. The van der Waals surface area contributed by atoms with E-state index in [0.717, 1.165) is 17.1 Å². The topological polar surface area (TPSA) is 105 Å². The number of nitrogens with zero attached hydrogens (tertiary/aromatic N) is 1. The lowest BCUT2D eigenvalue weighted by atomic mass is 10.2. The Balaban J connectivity index is 1.82. The Labute approximate surface area is 147 Å². The second-order valence-corrected chi connectivity index (χ2v) is 8.11. The Morgan fingerprint density at radius 3 is 2.36 bits per heavy atom. The van der Waals surface area contributed by atoms with E-state index in [-0.39, 0.29) is 17.5 Å². The smallest absolute Gasteiger partial charge is 0.309 e. The maximum atomic E-state index is 12.0. The van der Waals surface area contributed by atoms with Gasteiger partial charge in [0.1, 0.15) is 0 Å². The first kappa shape index (κ1) is 19.4. The number of sulfonamides is 1. The molecule has 8 nitrogen and oxygen atoms in total. The lowest BCUT2D eigenvalue weighted by molar-refractivity contribution is -0.139. The summed E-state index contributed by atoms with van der Waals surface area (Å²) in [4.78, 5) is 23.7. The van der Waals surface area contributed by atoms with E-state index in [9.17, 15) is 18.0 Å². The van der Waals surface area contributed by atoms with Gasteiger partial charge in [0.25, 0.3) is 0 Å². The fraction of sp³-hybridized carbons (Fsp3) is 0.500. The van der Waals surface area contributed by atoms with E-state index < -0.39 is 21.8 Å². The van der Waals surface area contributed by atoms with Crippen molar-refractivity contribution in [3.63, 3.8) is 0 Å². The summed E-state index contributed by atoms with van der Waals surface area (Å²) in [5.74, 6) is -1.44. The molecule has 1 aromatic carbocycles. The number of benzene rings is 1. The summed E-state index contributed by atoms with van der Waals surface area (Å²) in [5, 5.41) is 5.04. The Kier molecular flexibility index (Phi) is 6.51. The molecule has 1 aliphatic heterocycles. The molecule has 1 aromatic rings. The van der Waals surface area contributed by atoms with Gasteiger partial charge >= 0.3 is 11.8 Å². The minimum absolute atomic E-state index is 0.0251. The van der Waals surface area contributed by atoms with Crippen LogP contribution in [0.3, 0.4) is 0 Å². The standard InChI is InChI=1S/C16H23N3O5S/c1-19(2)25(22,23)14-7-5-12(6-8-14)10-17-15(20)16(21)18-11-13-4-3-9-24-13/h5-8,13H,3-4,9-11H2,1-2H3,(H,17,20)(H,18,21)/t13-/m1/s1. The van der Waals surface area contributed by atoms with Gasteiger partial charge in [0, 0.05) is 33.8 Å². The molecule has 2 amide bonds. The fourth-order valence-electron chi connectivity index (χ4n) is 2.34. The number of hydrogen-bond acceptors (Lipinski definition) is 5. The van der Waals surface area contributed by atoms with Crippen LogP contribution in [0.5, 0.6) is 0 Å². The van der Waals surface area contributed by atoms with Gasteiger partial charge in [0.05, 0.1) is 11.0 Å². The molecule has 1 atom stereocenters. The van der Waals surface area contributed by atoms with Crippen molar-refractivity contribution < 1.29 is 22.7 Å². The predicted molar refractivity (Wildman–Crippen MR) is 91.1 cm³/mol. The predicted octanol–water partition coefficient (Wildman–Crippen LogP) is -0.152. The molecule has 138 valence electrons. The first-order chi connectivity index (χ1) is 11.8. The van der Waals surface area contributed by atoms with E-state index in [1.54, 1.807) is 12.1 Å². The number of hydrogen-bond donors (Lipinski definition) is 2. The van der Waals surface area contributed by atoms with Crippen LogP contribution >= 0.6 is 0 Å². The minimum Gasteiger partial charge on any atom is -0.376 e. The van der Waals surface area contributed by atoms with Gasteiger partial charge in [-0.3, -0.25) is 9.59 Å². The molecule has 1 heterocycles. The molecule has 1 saturated heterocycles. The van der Waals surface area contributed by atoms with Crippen molar-refractivity contribution in [2.45, 2.75) is 30.4 Å². The molecule has 0 saturated carbocycles. The summed E-state index contributed by atoms with van der Waals surface area (Å²) < 4.78 is 30.4. The maximum Gasteiger partial charge on any atom is 0.309 e. The number of carbonyl (C=O) groups is 2. The highest BCUT2D eigenvalue weighted by atomic mass is 32.2. The molecule has 2 rings (SSSR count). The molecule has 9 heteroatoms. The molecule has 0 unspecified atom stereocenters. The third-order valence-corrected chi connectivity index (χ3v) is 5.70. The van der Waals surface area contributed by atoms with Crippen LogP contribution in [-0.4, -0.2) is 57.9 Å². The van der Waals surface area contributed by atoms with Crippen LogP contribution in [0.15, 0.2) is 29.2 Å². The van der Waals surface area contributed by atoms with Crippen LogP contribution in [0.25, 0.3) is 0 Å². The third kappa shape index (κ3) is 5.25. The summed E-state index contributed by atoms with van der Waals surface area (Å²) in [6, 6.07) is 6.13. The highest BCUT2D eigenvalue weighted by Gasteiger charge is 2.19. The third-order valence-electron chi connectivity index (χ3n) is 3.88. The van der Waals surface area contributed by atoms with Gasteiger partial charge in [-0.1, -0.05) is 12.1 Å². The Hall–Kier alpha value is -1.97. The van der Waals surface area contributed by atoms with E-state index in [1.165, 1.54) is 26.2 Å². The van der Waals surface area contributed by atoms with Crippen LogP contribution in [0.1, 0.15) is 18.4 Å². The van der Waals surface area contributed by atoms with Gasteiger partial charge in [0.15, 0.2) is 0 Å². The van der Waals surface area contributed by atoms with Gasteiger partial charge in [-0.15, -0.1) is 0 Å². The quantitative estimate of drug-likeness (QED) is 0.679. The Bertz CT molecular complexity index is 710. The molecule has 1 fully saturated rings. The van der Waals surface area contributed by atoms with Crippen LogP contribution in [0, 0.1) is 0 Å². The zero-order valence-corrected chi connectivity index (χ0v) is 15.1. The summed E-state index contributed by atoms with van der Waals surface area (Å²) in [6.45, 7) is 1.14. The molecule has 0 aromatic heterocycles. The van der Waals surface area contributed by atoms with Crippen LogP contribution in [0.4, 0.5) is 0 Å². The van der Waals surface area contributed by atoms with Crippen molar-refractivity contribution in [1.29, 1.82) is 0 Å². The van der Waals surface area contributed by atoms with Gasteiger partial charge in [-0.25, -0.2) is 12.7 Å². The van der Waals surface area contributed by atoms with E-state index in [4.69, 9.17) is 4.74 Å². The first-order valence-electron chi connectivity index (χ1n) is 8.00. The fourth-order valence-corrected chi connectivity index (χ4v) is 3.25. The van der Waals surface area contributed by atoms with E-state index in [1.807, 2.05) is 0 Å². The van der Waals surface area contributed by atoms with E-state index in [0.29, 0.717) is 18.7 Å². The number of nitrogens with one attached hydrogen (secondary N) is 2. The number of rotatable bonds is 6. The van der Waals surface area contributed by atoms with Gasteiger partial charge in [-0.2, -0.15) is 0 Å². The van der Waals surface area contributed by atoms with E-state index >= 15 is 0 Å². The Morgan fingerprint density at radius 2 is 1.80 bits per heavy atom. The lowest BCUT2D eigenvalue weighted by Crippen LogP contribution is -2.42. The van der Waals surface area contributed by atoms with Crippen molar-refractivity contribution in [3.05, 3.63) is 29.8 Å². The average Bonchev–Trinajstić information content (AvgIpc) is 3.11. The molecule has 2 N–H and O–H groups in total. The van der Waals surface area contributed by atoms with Gasteiger partial charge in [0.2, 0.25) is 10.0 Å². The number of amides is 2. The van der Waals surface area contributed by atoms with Crippen molar-refractivity contribution in [1.82, 2.24) is 14.9 Å². The zero-order chi connectivity index (χ0) is 18.4. The highest BCUT2D eigenvalue weighted by molar-refractivity contribution is 7.89. The Morgan fingerprint density at radius 1 is 1.16 bits per heavy atom. The first-order valence-corrected chi connectivity index (χ1v) is 9.44. The second-order valence-electron chi connectivity index (χ2n) is 5.96. The van der Waals surface area contributed by atoms with Crippen molar-refractivity contribution in [3.8, 4) is 0 Å². The molecule has 0 aliphatic carbocycles. The molecule has 1 aliphatic rings. The average molecular weight is 369 g/mol. The molecule has 0 spiro atoms. The molecular weight excluding hydrogens is 346 g/mol.